The molecule has 0 radical (unpaired) electrons. The Labute approximate surface area is 127 Å². The van der Waals surface area contributed by atoms with Crippen LogP contribution in [0.15, 0.2) is 36.4 Å². The fourth-order valence-corrected chi connectivity index (χ4v) is 2.61. The summed E-state index contributed by atoms with van der Waals surface area (Å²) in [4.78, 5) is 0. The molecule has 0 unspecified atom stereocenters. The zero-order valence-electron chi connectivity index (χ0n) is 10.8. The molecule has 1 aliphatic rings. The van der Waals surface area contributed by atoms with Crippen molar-refractivity contribution in [1.82, 2.24) is 5.32 Å². The second kappa shape index (κ2) is 5.52. The number of halogens is 2. The summed E-state index contributed by atoms with van der Waals surface area (Å²) in [6, 6.07) is 11.2. The predicted molar refractivity (Wildman–Crippen MR) is 80.9 cm³/mol. The van der Waals surface area contributed by atoms with E-state index in [0.717, 1.165) is 11.1 Å². The summed E-state index contributed by atoms with van der Waals surface area (Å²) < 4.78 is 11.6. The van der Waals surface area contributed by atoms with Crippen LogP contribution in [0.2, 0.25) is 10.0 Å². The highest BCUT2D eigenvalue weighted by Crippen LogP contribution is 2.44. The predicted octanol–water partition coefficient (Wildman–Crippen LogP) is 3.98. The molecule has 3 nitrogen and oxygen atoms in total. The molecule has 0 aliphatic carbocycles. The summed E-state index contributed by atoms with van der Waals surface area (Å²) in [7, 11) is 1.82. The Morgan fingerprint density at radius 3 is 2.70 bits per heavy atom. The smallest absolute Gasteiger partial charge is 0.184 e. The number of rotatable bonds is 2. The third kappa shape index (κ3) is 2.44. The van der Waals surface area contributed by atoms with Gasteiger partial charge in [-0.2, -0.15) is 0 Å². The highest BCUT2D eigenvalue weighted by molar-refractivity contribution is 6.34. The van der Waals surface area contributed by atoms with Crippen LogP contribution in [0.4, 0.5) is 0 Å². The zero-order chi connectivity index (χ0) is 14.1. The van der Waals surface area contributed by atoms with E-state index in [0.29, 0.717) is 28.2 Å². The molecular formula is C15H13Cl2NO2. The van der Waals surface area contributed by atoms with Gasteiger partial charge in [-0.05, 0) is 19.2 Å². The maximum absolute atomic E-state index is 6.27. The Morgan fingerprint density at radius 2 is 1.95 bits per heavy atom. The van der Waals surface area contributed by atoms with Crippen LogP contribution in [0.3, 0.4) is 0 Å². The average Bonchev–Trinajstić information content (AvgIpc) is 2.46. The first kappa shape index (κ1) is 13.6. The van der Waals surface area contributed by atoms with Crippen molar-refractivity contribution in [2.24, 2.45) is 0 Å². The van der Waals surface area contributed by atoms with Gasteiger partial charge in [-0.1, -0.05) is 41.4 Å². The number of likely N-dealkylation sites (N-methyl/N-ethyl adjacent to an activating group) is 1. The van der Waals surface area contributed by atoms with Gasteiger partial charge in [-0.25, -0.2) is 0 Å². The third-order valence-corrected chi connectivity index (χ3v) is 3.70. The second-order valence-electron chi connectivity index (χ2n) is 4.47. The van der Waals surface area contributed by atoms with Crippen molar-refractivity contribution < 1.29 is 9.47 Å². The van der Waals surface area contributed by atoms with Gasteiger partial charge in [0.1, 0.15) is 6.61 Å². The van der Waals surface area contributed by atoms with Crippen LogP contribution >= 0.6 is 23.2 Å². The standard InChI is InChI=1S/C15H13Cl2NO2/c1-18-14-8-19-13-7-9(16)6-11(15(13)20-14)10-4-2-3-5-12(10)17/h2-7,14,18H,8H2,1H3/t14-/m0/s1. The van der Waals surface area contributed by atoms with E-state index < -0.39 is 0 Å². The van der Waals surface area contributed by atoms with E-state index in [1.807, 2.05) is 37.4 Å². The first-order valence-corrected chi connectivity index (χ1v) is 7.00. The van der Waals surface area contributed by atoms with Crippen LogP contribution in [0.25, 0.3) is 11.1 Å². The van der Waals surface area contributed by atoms with Crippen molar-refractivity contribution in [3.8, 4) is 22.6 Å². The molecule has 0 spiro atoms. The summed E-state index contributed by atoms with van der Waals surface area (Å²) in [5.41, 5.74) is 1.70. The molecule has 0 aromatic heterocycles. The molecule has 1 atom stereocenters. The Hall–Kier alpha value is -1.42. The van der Waals surface area contributed by atoms with E-state index >= 15 is 0 Å². The SMILES string of the molecule is CN[C@@H]1COc2cc(Cl)cc(-c3ccccc3Cl)c2O1. The van der Waals surface area contributed by atoms with Gasteiger partial charge in [-0.15, -0.1) is 0 Å². The van der Waals surface area contributed by atoms with Gasteiger partial charge in [0.2, 0.25) is 0 Å². The number of fused-ring (bicyclic) bond motifs is 1. The molecular weight excluding hydrogens is 297 g/mol. The van der Waals surface area contributed by atoms with Crippen molar-refractivity contribution in [2.75, 3.05) is 13.7 Å². The highest BCUT2D eigenvalue weighted by atomic mass is 35.5. The molecule has 1 aliphatic heterocycles. The third-order valence-electron chi connectivity index (χ3n) is 3.16. The van der Waals surface area contributed by atoms with Crippen LogP contribution in [0.1, 0.15) is 0 Å². The highest BCUT2D eigenvalue weighted by Gasteiger charge is 2.24. The molecule has 0 amide bonds. The summed E-state index contributed by atoms with van der Waals surface area (Å²) in [6.07, 6.45) is -0.190. The topological polar surface area (TPSA) is 30.5 Å². The van der Waals surface area contributed by atoms with Gasteiger partial charge in [0.25, 0.3) is 0 Å². The van der Waals surface area contributed by atoms with E-state index in [-0.39, 0.29) is 6.23 Å². The molecule has 0 saturated heterocycles. The largest absolute Gasteiger partial charge is 0.484 e. The Morgan fingerprint density at radius 1 is 1.15 bits per heavy atom. The molecule has 3 rings (SSSR count). The zero-order valence-corrected chi connectivity index (χ0v) is 12.3. The quantitative estimate of drug-likeness (QED) is 0.910. The summed E-state index contributed by atoms with van der Waals surface area (Å²) in [5, 5.41) is 4.27. The van der Waals surface area contributed by atoms with E-state index in [1.54, 1.807) is 6.07 Å². The number of hydrogen-bond acceptors (Lipinski definition) is 3. The van der Waals surface area contributed by atoms with Gasteiger partial charge in [0, 0.05) is 27.2 Å². The molecule has 2 aromatic carbocycles. The van der Waals surface area contributed by atoms with Gasteiger partial charge in [-0.3, -0.25) is 5.32 Å². The summed E-state index contributed by atoms with van der Waals surface area (Å²) >= 11 is 12.4. The van der Waals surface area contributed by atoms with Crippen LogP contribution in [0.5, 0.6) is 11.5 Å². The minimum absolute atomic E-state index is 0.190. The van der Waals surface area contributed by atoms with Gasteiger partial charge >= 0.3 is 0 Å². The maximum atomic E-state index is 6.27. The van der Waals surface area contributed by atoms with Crippen molar-refractivity contribution in [2.45, 2.75) is 6.23 Å². The fourth-order valence-electron chi connectivity index (χ4n) is 2.16. The number of nitrogens with one attached hydrogen (secondary N) is 1. The monoisotopic (exact) mass is 309 g/mol. The first-order chi connectivity index (χ1) is 9.69. The van der Waals surface area contributed by atoms with E-state index in [9.17, 15) is 0 Å². The molecule has 2 aromatic rings. The van der Waals surface area contributed by atoms with Gasteiger partial charge in [0.15, 0.2) is 17.7 Å². The van der Waals surface area contributed by atoms with Crippen LogP contribution in [-0.2, 0) is 0 Å². The lowest BCUT2D eigenvalue weighted by atomic mass is 10.0. The van der Waals surface area contributed by atoms with Crippen LogP contribution in [-0.4, -0.2) is 19.9 Å². The lowest BCUT2D eigenvalue weighted by Gasteiger charge is -2.28. The number of benzene rings is 2. The lowest BCUT2D eigenvalue weighted by molar-refractivity contribution is 0.0733. The van der Waals surface area contributed by atoms with E-state index in [2.05, 4.69) is 5.32 Å². The fraction of sp³-hybridized carbons (Fsp3) is 0.200. The Bertz CT molecular complexity index is 646. The van der Waals surface area contributed by atoms with Crippen molar-refractivity contribution in [3.05, 3.63) is 46.4 Å². The Kier molecular flexibility index (Phi) is 3.74. The molecule has 5 heteroatoms. The normalized spacial score (nSPS) is 17.1. The van der Waals surface area contributed by atoms with Gasteiger partial charge in [0.05, 0.1) is 0 Å². The minimum Gasteiger partial charge on any atom is -0.484 e. The Balaban J connectivity index is 2.16. The van der Waals surface area contributed by atoms with Crippen molar-refractivity contribution >= 4 is 23.2 Å². The lowest BCUT2D eigenvalue weighted by Crippen LogP contribution is -2.39. The molecule has 1 heterocycles. The molecule has 20 heavy (non-hydrogen) atoms. The summed E-state index contributed by atoms with van der Waals surface area (Å²) in [5.74, 6) is 1.30. The molecule has 1 N–H and O–H groups in total. The van der Waals surface area contributed by atoms with Gasteiger partial charge < -0.3 is 9.47 Å². The van der Waals surface area contributed by atoms with Crippen LogP contribution < -0.4 is 14.8 Å². The second-order valence-corrected chi connectivity index (χ2v) is 5.31. The first-order valence-electron chi connectivity index (χ1n) is 6.24. The number of ether oxygens (including phenoxy) is 2. The van der Waals surface area contributed by atoms with E-state index in [4.69, 9.17) is 32.7 Å². The van der Waals surface area contributed by atoms with Crippen LogP contribution in [0, 0.1) is 0 Å². The minimum atomic E-state index is -0.190. The van der Waals surface area contributed by atoms with Crippen molar-refractivity contribution in [1.29, 1.82) is 0 Å². The molecule has 0 fully saturated rings. The number of hydrogen-bond donors (Lipinski definition) is 1. The molecule has 104 valence electrons. The molecule has 0 bridgehead atoms. The summed E-state index contributed by atoms with van der Waals surface area (Å²) in [6.45, 7) is 0.436. The van der Waals surface area contributed by atoms with E-state index in [1.165, 1.54) is 0 Å². The average molecular weight is 310 g/mol. The molecule has 0 saturated carbocycles. The van der Waals surface area contributed by atoms with Crippen molar-refractivity contribution in [3.63, 3.8) is 0 Å². The maximum Gasteiger partial charge on any atom is 0.184 e.